The lowest BCUT2D eigenvalue weighted by molar-refractivity contribution is 0.598. The fourth-order valence-electron chi connectivity index (χ4n) is 1.86. The average molecular weight is 329 g/mol. The van der Waals surface area contributed by atoms with Crippen LogP contribution in [0.15, 0.2) is 47.4 Å². The van der Waals surface area contributed by atoms with Crippen LogP contribution >= 0.6 is 11.6 Å². The molecule has 0 radical (unpaired) electrons. The molecule has 4 nitrogen and oxygen atoms in total. The van der Waals surface area contributed by atoms with Crippen molar-refractivity contribution >= 4 is 27.3 Å². The molecule has 112 valence electrons. The van der Waals surface area contributed by atoms with E-state index >= 15 is 0 Å². The van der Waals surface area contributed by atoms with Crippen LogP contribution in [0.4, 0.5) is 10.1 Å². The quantitative estimate of drug-likeness (QED) is 0.904. The van der Waals surface area contributed by atoms with Gasteiger partial charge in [-0.25, -0.2) is 17.9 Å². The maximum atomic E-state index is 13.4. The molecule has 0 bridgehead atoms. The minimum absolute atomic E-state index is 0.0400. The Labute approximate surface area is 127 Å². The van der Waals surface area contributed by atoms with Crippen molar-refractivity contribution in [2.75, 3.05) is 5.32 Å². The molecular formula is C14H14ClFN2O2S. The highest BCUT2D eigenvalue weighted by Crippen LogP contribution is 2.23. The summed E-state index contributed by atoms with van der Waals surface area (Å²) in [5.41, 5.74) is 1.43. The van der Waals surface area contributed by atoms with E-state index in [1.54, 1.807) is 18.2 Å². The van der Waals surface area contributed by atoms with Crippen molar-refractivity contribution in [1.82, 2.24) is 0 Å². The van der Waals surface area contributed by atoms with E-state index < -0.39 is 15.8 Å². The summed E-state index contributed by atoms with van der Waals surface area (Å²) in [5.74, 6) is -0.479. The maximum absolute atomic E-state index is 13.4. The Bertz CT molecular complexity index is 748. The van der Waals surface area contributed by atoms with Crippen LogP contribution in [-0.4, -0.2) is 8.42 Å². The van der Waals surface area contributed by atoms with Gasteiger partial charge in [-0.05, 0) is 48.9 Å². The summed E-state index contributed by atoms with van der Waals surface area (Å²) in [5, 5.41) is 8.24. The Kier molecular flexibility index (Phi) is 4.51. The molecule has 0 aliphatic heterocycles. The fraction of sp³-hybridized carbons (Fsp3) is 0.143. The highest BCUT2D eigenvalue weighted by atomic mass is 35.5. The lowest BCUT2D eigenvalue weighted by atomic mass is 10.1. The molecule has 3 N–H and O–H groups in total. The van der Waals surface area contributed by atoms with Crippen LogP contribution in [0.2, 0.25) is 5.02 Å². The number of hydrogen-bond acceptors (Lipinski definition) is 3. The molecule has 0 spiro atoms. The van der Waals surface area contributed by atoms with Crippen molar-refractivity contribution in [3.05, 3.63) is 58.9 Å². The largest absolute Gasteiger partial charge is 0.379 e. The Morgan fingerprint density at radius 3 is 2.33 bits per heavy atom. The molecule has 0 aliphatic carbocycles. The van der Waals surface area contributed by atoms with E-state index in [-0.39, 0.29) is 16.0 Å². The molecular weight excluding hydrogens is 315 g/mol. The topological polar surface area (TPSA) is 72.2 Å². The van der Waals surface area contributed by atoms with E-state index in [9.17, 15) is 12.8 Å². The van der Waals surface area contributed by atoms with Crippen molar-refractivity contribution in [2.45, 2.75) is 17.9 Å². The van der Waals surface area contributed by atoms with Gasteiger partial charge in [0.25, 0.3) is 0 Å². The Balaban J connectivity index is 2.15. The van der Waals surface area contributed by atoms with E-state index in [0.717, 1.165) is 5.56 Å². The molecule has 0 aromatic heterocycles. The minimum Gasteiger partial charge on any atom is -0.379 e. The smallest absolute Gasteiger partial charge is 0.238 e. The zero-order valence-corrected chi connectivity index (χ0v) is 12.7. The van der Waals surface area contributed by atoms with Crippen LogP contribution in [-0.2, 0) is 10.0 Å². The number of sulfonamides is 1. The van der Waals surface area contributed by atoms with Gasteiger partial charge < -0.3 is 5.32 Å². The van der Waals surface area contributed by atoms with Gasteiger partial charge in [0.1, 0.15) is 5.82 Å². The molecule has 2 aromatic carbocycles. The van der Waals surface area contributed by atoms with Gasteiger partial charge in [-0.1, -0.05) is 17.7 Å². The lowest BCUT2D eigenvalue weighted by Gasteiger charge is -2.16. The first-order valence-corrected chi connectivity index (χ1v) is 8.04. The summed E-state index contributed by atoms with van der Waals surface area (Å²) in [7, 11) is -3.70. The molecule has 21 heavy (non-hydrogen) atoms. The van der Waals surface area contributed by atoms with Crippen LogP contribution < -0.4 is 10.5 Å². The fourth-order valence-corrected chi connectivity index (χ4v) is 2.49. The van der Waals surface area contributed by atoms with Crippen molar-refractivity contribution in [3.8, 4) is 0 Å². The number of benzene rings is 2. The van der Waals surface area contributed by atoms with Crippen LogP contribution in [0.25, 0.3) is 0 Å². The molecule has 0 aliphatic rings. The second-order valence-corrected chi connectivity index (χ2v) is 6.58. The summed E-state index contributed by atoms with van der Waals surface area (Å²) in [6.07, 6.45) is 0. The molecule has 0 saturated carbocycles. The lowest BCUT2D eigenvalue weighted by Crippen LogP contribution is -2.12. The summed E-state index contributed by atoms with van der Waals surface area (Å²) in [6.45, 7) is 1.86. The first kappa shape index (κ1) is 15.8. The molecule has 2 rings (SSSR count). The summed E-state index contributed by atoms with van der Waals surface area (Å²) >= 11 is 5.64. The first-order chi connectivity index (χ1) is 9.77. The normalized spacial score (nSPS) is 13.0. The van der Waals surface area contributed by atoms with Gasteiger partial charge in [0.15, 0.2) is 0 Å². The van der Waals surface area contributed by atoms with Crippen molar-refractivity contribution in [2.24, 2.45) is 5.14 Å². The van der Waals surface area contributed by atoms with Gasteiger partial charge in [-0.2, -0.15) is 0 Å². The van der Waals surface area contributed by atoms with Gasteiger partial charge >= 0.3 is 0 Å². The molecule has 1 unspecified atom stereocenters. The molecule has 7 heteroatoms. The molecule has 0 amide bonds. The number of nitrogens with two attached hydrogens (primary N) is 1. The summed E-state index contributed by atoms with van der Waals surface area (Å²) in [6, 6.07) is 10.4. The first-order valence-electron chi connectivity index (χ1n) is 6.12. The molecule has 0 saturated heterocycles. The predicted molar refractivity (Wildman–Crippen MR) is 81.3 cm³/mol. The van der Waals surface area contributed by atoms with E-state index in [1.165, 1.54) is 24.3 Å². The SMILES string of the molecule is CC(Nc1ccc(S(N)(=O)=O)cc1)c1ccc(Cl)c(F)c1. The standard InChI is InChI=1S/C14H14ClFN2O2S/c1-9(10-2-7-13(15)14(16)8-10)18-11-3-5-12(6-4-11)21(17,19)20/h2-9,18H,1H3,(H2,17,19,20). The number of halogens is 2. The summed E-state index contributed by atoms with van der Waals surface area (Å²) < 4.78 is 35.7. The minimum atomic E-state index is -3.70. The number of primary sulfonamides is 1. The maximum Gasteiger partial charge on any atom is 0.238 e. The monoisotopic (exact) mass is 328 g/mol. The predicted octanol–water partition coefficient (Wildman–Crippen LogP) is 3.30. The van der Waals surface area contributed by atoms with Crippen LogP contribution in [0.1, 0.15) is 18.5 Å². The van der Waals surface area contributed by atoms with Crippen molar-refractivity contribution < 1.29 is 12.8 Å². The Morgan fingerprint density at radius 2 is 1.81 bits per heavy atom. The van der Waals surface area contributed by atoms with Crippen molar-refractivity contribution in [3.63, 3.8) is 0 Å². The van der Waals surface area contributed by atoms with Gasteiger partial charge in [0, 0.05) is 11.7 Å². The van der Waals surface area contributed by atoms with Crippen LogP contribution in [0, 0.1) is 5.82 Å². The number of anilines is 1. The van der Waals surface area contributed by atoms with Crippen LogP contribution in [0.3, 0.4) is 0 Å². The highest BCUT2D eigenvalue weighted by Gasteiger charge is 2.10. The zero-order valence-electron chi connectivity index (χ0n) is 11.2. The number of nitrogens with one attached hydrogen (secondary N) is 1. The zero-order chi connectivity index (χ0) is 15.6. The third-order valence-electron chi connectivity index (χ3n) is 3.01. The van der Waals surface area contributed by atoms with Crippen molar-refractivity contribution in [1.29, 1.82) is 0 Å². The highest BCUT2D eigenvalue weighted by molar-refractivity contribution is 7.89. The molecule has 0 heterocycles. The number of rotatable bonds is 4. The Morgan fingerprint density at radius 1 is 1.19 bits per heavy atom. The van der Waals surface area contributed by atoms with Gasteiger partial charge in [0.2, 0.25) is 10.0 Å². The second-order valence-electron chi connectivity index (χ2n) is 4.61. The third kappa shape index (κ3) is 3.93. The number of hydrogen-bond donors (Lipinski definition) is 2. The van der Waals surface area contributed by atoms with Gasteiger partial charge in [-0.3, -0.25) is 0 Å². The van der Waals surface area contributed by atoms with E-state index in [4.69, 9.17) is 16.7 Å². The summed E-state index contributed by atoms with van der Waals surface area (Å²) in [4.78, 5) is 0.0400. The van der Waals surface area contributed by atoms with E-state index in [1.807, 2.05) is 6.92 Å². The third-order valence-corrected chi connectivity index (χ3v) is 4.25. The van der Waals surface area contributed by atoms with E-state index in [0.29, 0.717) is 5.69 Å². The molecule has 2 aromatic rings. The molecule has 1 atom stereocenters. The van der Waals surface area contributed by atoms with Gasteiger partial charge in [0.05, 0.1) is 9.92 Å². The van der Waals surface area contributed by atoms with Crippen LogP contribution in [0.5, 0.6) is 0 Å². The van der Waals surface area contributed by atoms with E-state index in [2.05, 4.69) is 5.32 Å². The second kappa shape index (κ2) is 6.01. The Hall–Kier alpha value is -1.63. The average Bonchev–Trinajstić information content (AvgIpc) is 2.41. The van der Waals surface area contributed by atoms with Gasteiger partial charge in [-0.15, -0.1) is 0 Å². The molecule has 0 fully saturated rings.